The maximum absolute atomic E-state index is 9.03. The third-order valence-electron chi connectivity index (χ3n) is 3.11. The van der Waals surface area contributed by atoms with Crippen molar-refractivity contribution in [1.82, 2.24) is 4.98 Å². The van der Waals surface area contributed by atoms with Crippen LogP contribution in [0.1, 0.15) is 32.8 Å². The zero-order valence-corrected chi connectivity index (χ0v) is 10.5. The molecule has 0 amide bonds. The number of aryl methyl sites for hydroxylation is 1. The van der Waals surface area contributed by atoms with Gasteiger partial charge in [0.15, 0.2) is 7.28 Å². The Morgan fingerprint density at radius 1 is 1.44 bits per heavy atom. The Hall–Kier alpha value is -0.800. The van der Waals surface area contributed by atoms with E-state index in [0.29, 0.717) is 5.46 Å². The molecule has 0 fully saturated rings. The summed E-state index contributed by atoms with van der Waals surface area (Å²) in [6, 6.07) is 1.79. The Bertz CT molecular complexity index is 367. The number of aromatic nitrogens is 1. The maximum atomic E-state index is 9.03. The smallest absolute Gasteiger partial charge is 0.423 e. The summed E-state index contributed by atoms with van der Waals surface area (Å²) in [6.07, 6.45) is 2.64. The van der Waals surface area contributed by atoms with Gasteiger partial charge < -0.3 is 10.0 Å². The number of hydrogen-bond acceptors (Lipinski definition) is 3. The SMILES string of the molecule is CCC(C)(C)Bc1ncc(B(O)O)cc1C. The van der Waals surface area contributed by atoms with Crippen molar-refractivity contribution in [2.24, 2.45) is 0 Å². The van der Waals surface area contributed by atoms with Crippen molar-refractivity contribution in [2.75, 3.05) is 0 Å². The first-order chi connectivity index (χ1) is 7.35. The zero-order valence-electron chi connectivity index (χ0n) is 10.5. The molecule has 86 valence electrons. The summed E-state index contributed by atoms with van der Waals surface area (Å²) in [7, 11) is -0.517. The molecule has 1 aromatic rings. The normalized spacial score (nSPS) is 11.4. The van der Waals surface area contributed by atoms with Gasteiger partial charge in [-0.2, -0.15) is 0 Å². The van der Waals surface area contributed by atoms with Gasteiger partial charge in [0, 0.05) is 17.3 Å². The van der Waals surface area contributed by atoms with E-state index in [1.807, 2.05) is 6.92 Å². The van der Waals surface area contributed by atoms with Crippen LogP contribution in [0.25, 0.3) is 0 Å². The second-order valence-corrected chi connectivity index (χ2v) is 5.10. The lowest BCUT2D eigenvalue weighted by molar-refractivity contribution is 0.425. The first-order valence-corrected chi connectivity index (χ1v) is 5.67. The van der Waals surface area contributed by atoms with E-state index >= 15 is 0 Å². The lowest BCUT2D eigenvalue weighted by Crippen LogP contribution is -2.36. The van der Waals surface area contributed by atoms with Gasteiger partial charge in [0.25, 0.3) is 0 Å². The van der Waals surface area contributed by atoms with E-state index in [1.165, 1.54) is 0 Å². The average molecular weight is 219 g/mol. The fourth-order valence-electron chi connectivity index (χ4n) is 1.53. The summed E-state index contributed by atoms with van der Waals surface area (Å²) in [6.45, 7) is 8.55. The molecule has 0 aromatic carbocycles. The molecular formula is C11H19B2NO2. The molecular weight excluding hydrogens is 200 g/mol. The molecule has 0 radical (unpaired) electrons. The number of nitrogens with zero attached hydrogens (tertiary/aromatic N) is 1. The highest BCUT2D eigenvalue weighted by Crippen LogP contribution is 2.25. The number of pyridine rings is 1. The van der Waals surface area contributed by atoms with Crippen molar-refractivity contribution in [3.63, 3.8) is 0 Å². The van der Waals surface area contributed by atoms with Gasteiger partial charge in [-0.05, 0) is 12.5 Å². The second-order valence-electron chi connectivity index (χ2n) is 5.10. The van der Waals surface area contributed by atoms with E-state index in [-0.39, 0.29) is 5.31 Å². The molecule has 1 heterocycles. The standard InChI is InChI=1S/C11H19B2NO2/c1-5-11(3,4)12-10-8(2)6-9(7-14-10)13(15)16/h6-7,12,15-16H,5H2,1-4H3. The van der Waals surface area contributed by atoms with E-state index < -0.39 is 7.12 Å². The Morgan fingerprint density at radius 3 is 2.50 bits per heavy atom. The highest BCUT2D eigenvalue weighted by Gasteiger charge is 2.21. The van der Waals surface area contributed by atoms with Gasteiger partial charge >= 0.3 is 7.12 Å². The van der Waals surface area contributed by atoms with Gasteiger partial charge in [-0.25, -0.2) is 0 Å². The predicted molar refractivity (Wildman–Crippen MR) is 69.9 cm³/mol. The molecule has 0 bridgehead atoms. The molecule has 2 N–H and O–H groups in total. The van der Waals surface area contributed by atoms with Crippen molar-refractivity contribution in [2.45, 2.75) is 39.4 Å². The molecule has 3 nitrogen and oxygen atoms in total. The van der Waals surface area contributed by atoms with Crippen LogP contribution in [-0.4, -0.2) is 29.4 Å². The van der Waals surface area contributed by atoms with Gasteiger partial charge in [-0.3, -0.25) is 4.98 Å². The van der Waals surface area contributed by atoms with Crippen molar-refractivity contribution < 1.29 is 10.0 Å². The summed E-state index contributed by atoms with van der Waals surface area (Å²) in [4.78, 5) is 4.31. The van der Waals surface area contributed by atoms with Crippen LogP contribution in [0, 0.1) is 6.92 Å². The van der Waals surface area contributed by atoms with Crippen molar-refractivity contribution in [3.8, 4) is 0 Å². The minimum absolute atomic E-state index is 0.233. The first kappa shape index (κ1) is 13.3. The highest BCUT2D eigenvalue weighted by molar-refractivity contribution is 6.59. The molecule has 1 rings (SSSR count). The number of rotatable bonds is 4. The van der Waals surface area contributed by atoms with Crippen LogP contribution in [0.2, 0.25) is 5.31 Å². The van der Waals surface area contributed by atoms with Gasteiger partial charge in [0.1, 0.15) is 0 Å². The predicted octanol–water partition coefficient (Wildman–Crippen LogP) is -0.260. The Labute approximate surface area is 98.3 Å². The largest absolute Gasteiger partial charge is 0.490 e. The molecule has 16 heavy (non-hydrogen) atoms. The summed E-state index contributed by atoms with van der Waals surface area (Å²) in [5.74, 6) is 0. The van der Waals surface area contributed by atoms with Crippen LogP contribution in [-0.2, 0) is 0 Å². The summed E-state index contributed by atoms with van der Waals surface area (Å²) in [5.41, 5.74) is 2.51. The molecule has 5 heteroatoms. The fourth-order valence-corrected chi connectivity index (χ4v) is 1.53. The molecule has 0 saturated heterocycles. The first-order valence-electron chi connectivity index (χ1n) is 5.67. The van der Waals surface area contributed by atoms with Crippen molar-refractivity contribution in [3.05, 3.63) is 17.8 Å². The Balaban J connectivity index is 2.91. The third-order valence-corrected chi connectivity index (χ3v) is 3.11. The van der Waals surface area contributed by atoms with Crippen molar-refractivity contribution >= 4 is 25.5 Å². The van der Waals surface area contributed by atoms with Gasteiger partial charge in [-0.15, -0.1) is 0 Å². The van der Waals surface area contributed by atoms with Crippen LogP contribution in [0.15, 0.2) is 12.3 Å². The van der Waals surface area contributed by atoms with Crippen LogP contribution >= 0.6 is 0 Å². The Kier molecular flexibility index (Phi) is 4.16. The molecule has 0 aliphatic rings. The molecule has 0 atom stereocenters. The molecule has 0 unspecified atom stereocenters. The monoisotopic (exact) mass is 219 g/mol. The molecule has 0 aliphatic heterocycles. The third kappa shape index (κ3) is 3.35. The van der Waals surface area contributed by atoms with Crippen molar-refractivity contribution in [1.29, 1.82) is 0 Å². The number of hydrogen-bond donors (Lipinski definition) is 2. The van der Waals surface area contributed by atoms with Crippen LogP contribution in [0.4, 0.5) is 0 Å². The second kappa shape index (κ2) is 5.02. The van der Waals surface area contributed by atoms with E-state index in [0.717, 1.165) is 24.9 Å². The molecule has 1 aromatic heterocycles. The summed E-state index contributed by atoms with van der Waals surface area (Å²) < 4.78 is 0. The van der Waals surface area contributed by atoms with Gasteiger partial charge in [0.2, 0.25) is 0 Å². The quantitative estimate of drug-likeness (QED) is 0.686. The van der Waals surface area contributed by atoms with E-state index in [1.54, 1.807) is 12.3 Å². The maximum Gasteiger partial charge on any atom is 0.490 e. The topological polar surface area (TPSA) is 53.4 Å². The van der Waals surface area contributed by atoms with Gasteiger partial charge in [-0.1, -0.05) is 38.6 Å². The average Bonchev–Trinajstić information content (AvgIpc) is 2.20. The highest BCUT2D eigenvalue weighted by atomic mass is 16.4. The molecule has 0 saturated carbocycles. The lowest BCUT2D eigenvalue weighted by atomic mass is 9.50. The minimum Gasteiger partial charge on any atom is -0.423 e. The van der Waals surface area contributed by atoms with E-state index in [4.69, 9.17) is 10.0 Å². The minimum atomic E-state index is -1.43. The van der Waals surface area contributed by atoms with Crippen LogP contribution in [0.3, 0.4) is 0 Å². The molecule has 0 aliphatic carbocycles. The zero-order chi connectivity index (χ0) is 12.3. The fraction of sp³-hybridized carbons (Fsp3) is 0.545. The molecule has 0 spiro atoms. The van der Waals surface area contributed by atoms with E-state index in [9.17, 15) is 0 Å². The van der Waals surface area contributed by atoms with E-state index in [2.05, 4.69) is 25.8 Å². The van der Waals surface area contributed by atoms with Gasteiger partial charge in [0.05, 0.1) is 0 Å². The van der Waals surface area contributed by atoms with Crippen LogP contribution < -0.4 is 11.1 Å². The summed E-state index contributed by atoms with van der Waals surface area (Å²) >= 11 is 0. The lowest BCUT2D eigenvalue weighted by Gasteiger charge is -2.21. The Morgan fingerprint density at radius 2 is 2.06 bits per heavy atom. The van der Waals surface area contributed by atoms with Crippen LogP contribution in [0.5, 0.6) is 0 Å². The summed E-state index contributed by atoms with van der Waals surface area (Å²) in [5, 5.41) is 18.3.